The number of nitrogens with zero attached hydrogens (tertiary/aromatic N) is 1. The molecule has 0 bridgehead atoms. The number of amides is 1. The molecule has 0 spiro atoms. The van der Waals surface area contributed by atoms with E-state index in [0.29, 0.717) is 44.6 Å². The zero-order valence-corrected chi connectivity index (χ0v) is 15.0. The van der Waals surface area contributed by atoms with Crippen molar-refractivity contribution in [1.82, 2.24) is 10.2 Å². The maximum atomic E-state index is 13.3. The van der Waals surface area contributed by atoms with E-state index in [0.717, 1.165) is 12.3 Å². The summed E-state index contributed by atoms with van der Waals surface area (Å²) in [5.41, 5.74) is -1.72. The molecule has 1 aliphatic rings. The van der Waals surface area contributed by atoms with E-state index in [1.807, 2.05) is 4.90 Å². The monoisotopic (exact) mass is 396 g/mol. The highest BCUT2D eigenvalue weighted by Gasteiger charge is 2.35. The van der Waals surface area contributed by atoms with Gasteiger partial charge in [-0.3, -0.25) is 4.79 Å². The first kappa shape index (κ1) is 20.6. The Morgan fingerprint density at radius 2 is 1.88 bits per heavy atom. The third-order valence-corrected chi connectivity index (χ3v) is 5.16. The minimum absolute atomic E-state index is 0.0554. The maximum absolute atomic E-state index is 13.3. The second-order valence-electron chi connectivity index (χ2n) is 6.41. The van der Waals surface area contributed by atoms with Gasteiger partial charge in [-0.1, -0.05) is 0 Å². The van der Waals surface area contributed by atoms with Crippen LogP contribution in [0.1, 0.15) is 28.8 Å². The maximum Gasteiger partial charge on any atom is 0.419 e. The van der Waals surface area contributed by atoms with Crippen LogP contribution in [0.4, 0.5) is 17.6 Å². The van der Waals surface area contributed by atoms with Gasteiger partial charge in [0.2, 0.25) is 0 Å². The van der Waals surface area contributed by atoms with Crippen LogP contribution in [0.5, 0.6) is 0 Å². The summed E-state index contributed by atoms with van der Waals surface area (Å²) < 4.78 is 73.8. The molecular weight excluding hydrogens is 376 g/mol. The molecule has 10 heteroatoms. The first-order chi connectivity index (χ1) is 12.0. The van der Waals surface area contributed by atoms with Crippen LogP contribution in [-0.4, -0.2) is 56.9 Å². The van der Waals surface area contributed by atoms with E-state index in [1.165, 1.54) is 0 Å². The Balaban J connectivity index is 1.91. The first-order valence-corrected chi connectivity index (χ1v) is 10.1. The number of benzene rings is 1. The smallest absolute Gasteiger partial charge is 0.349 e. The zero-order valence-electron chi connectivity index (χ0n) is 14.1. The molecule has 1 saturated heterocycles. The standard InChI is InChI=1S/C16H20F4N2O3S/c1-26(24,25)9-8-22-6-4-12(5-7-22)21-15(23)11-2-3-14(17)13(10-11)16(18,19)20/h2-3,10,12H,4-9H2,1H3,(H,21,23). The highest BCUT2D eigenvalue weighted by atomic mass is 32.2. The number of rotatable bonds is 5. The summed E-state index contributed by atoms with van der Waals surface area (Å²) in [4.78, 5) is 14.1. The molecule has 0 aliphatic carbocycles. The van der Waals surface area contributed by atoms with Crippen LogP contribution < -0.4 is 5.32 Å². The summed E-state index contributed by atoms with van der Waals surface area (Å²) in [6, 6.07) is 1.93. The van der Waals surface area contributed by atoms with Crippen molar-refractivity contribution in [3.63, 3.8) is 0 Å². The van der Waals surface area contributed by atoms with Gasteiger partial charge in [-0.2, -0.15) is 13.2 Å². The van der Waals surface area contributed by atoms with Gasteiger partial charge in [0, 0.05) is 37.5 Å². The SMILES string of the molecule is CS(=O)(=O)CCN1CCC(NC(=O)c2ccc(F)c(C(F)(F)F)c2)CC1. The van der Waals surface area contributed by atoms with E-state index in [-0.39, 0.29) is 17.4 Å². The molecule has 0 radical (unpaired) electrons. The highest BCUT2D eigenvalue weighted by molar-refractivity contribution is 7.90. The number of hydrogen-bond acceptors (Lipinski definition) is 4. The van der Waals surface area contributed by atoms with Crippen molar-refractivity contribution < 1.29 is 30.8 Å². The van der Waals surface area contributed by atoms with Gasteiger partial charge in [0.05, 0.1) is 11.3 Å². The molecule has 0 saturated carbocycles. The fourth-order valence-corrected chi connectivity index (χ4v) is 3.34. The summed E-state index contributed by atoms with van der Waals surface area (Å²) in [7, 11) is -3.05. The summed E-state index contributed by atoms with van der Waals surface area (Å²) in [6.45, 7) is 1.57. The molecule has 1 heterocycles. The summed E-state index contributed by atoms with van der Waals surface area (Å²) in [5, 5.41) is 2.65. The van der Waals surface area contributed by atoms with Gasteiger partial charge >= 0.3 is 6.18 Å². The normalized spacial score (nSPS) is 17.3. The molecule has 1 N–H and O–H groups in total. The second-order valence-corrected chi connectivity index (χ2v) is 8.67. The van der Waals surface area contributed by atoms with E-state index in [9.17, 15) is 30.8 Å². The van der Waals surface area contributed by atoms with Gasteiger partial charge in [-0.25, -0.2) is 12.8 Å². The summed E-state index contributed by atoms with van der Waals surface area (Å²) >= 11 is 0. The average molecular weight is 396 g/mol. The number of hydrogen-bond donors (Lipinski definition) is 1. The topological polar surface area (TPSA) is 66.5 Å². The third kappa shape index (κ3) is 5.94. The Bertz CT molecular complexity index is 757. The largest absolute Gasteiger partial charge is 0.419 e. The predicted octanol–water partition coefficient (Wildman–Crippen LogP) is 2.08. The van der Waals surface area contributed by atoms with E-state index in [2.05, 4.69) is 5.32 Å². The predicted molar refractivity (Wildman–Crippen MR) is 88.0 cm³/mol. The third-order valence-electron chi connectivity index (χ3n) is 4.24. The molecular formula is C16H20F4N2O3S. The molecule has 0 atom stereocenters. The summed E-state index contributed by atoms with van der Waals surface area (Å²) in [6.07, 6.45) is -2.59. The van der Waals surface area contributed by atoms with Gasteiger partial charge in [-0.05, 0) is 31.0 Å². The number of piperidine rings is 1. The number of carbonyl (C=O) groups is 1. The Morgan fingerprint density at radius 1 is 1.27 bits per heavy atom. The number of sulfone groups is 1. The van der Waals surface area contributed by atoms with Crippen LogP contribution in [0.15, 0.2) is 18.2 Å². The highest BCUT2D eigenvalue weighted by Crippen LogP contribution is 2.31. The molecule has 1 aromatic rings. The molecule has 1 fully saturated rings. The summed E-state index contributed by atoms with van der Waals surface area (Å²) in [5.74, 6) is -2.06. The lowest BCUT2D eigenvalue weighted by Gasteiger charge is -2.32. The van der Waals surface area contributed by atoms with Gasteiger partial charge < -0.3 is 10.2 Å². The average Bonchev–Trinajstić information content (AvgIpc) is 2.52. The van der Waals surface area contributed by atoms with Crippen LogP contribution in [0, 0.1) is 5.82 Å². The second kappa shape index (κ2) is 7.91. The van der Waals surface area contributed by atoms with Gasteiger partial charge in [0.15, 0.2) is 0 Å². The number of alkyl halides is 3. The van der Waals surface area contributed by atoms with Gasteiger partial charge in [0.1, 0.15) is 15.7 Å². The van der Waals surface area contributed by atoms with Gasteiger partial charge in [-0.15, -0.1) is 0 Å². The Kier molecular flexibility index (Phi) is 6.28. The van der Waals surface area contributed by atoms with E-state index >= 15 is 0 Å². The fraction of sp³-hybridized carbons (Fsp3) is 0.562. The molecule has 2 rings (SSSR count). The zero-order chi connectivity index (χ0) is 19.5. The van der Waals surface area contributed by atoms with Crippen LogP contribution >= 0.6 is 0 Å². The minimum Gasteiger partial charge on any atom is -0.349 e. The van der Waals surface area contributed by atoms with Crippen LogP contribution in [0.2, 0.25) is 0 Å². The van der Waals surface area contributed by atoms with Crippen LogP contribution in [0.3, 0.4) is 0 Å². The molecule has 0 aromatic heterocycles. The minimum atomic E-state index is -4.87. The van der Waals surface area contributed by atoms with Crippen molar-refractivity contribution in [1.29, 1.82) is 0 Å². The Labute approximate surface area is 149 Å². The molecule has 1 aliphatic heterocycles. The lowest BCUT2D eigenvalue weighted by Crippen LogP contribution is -2.45. The van der Waals surface area contributed by atoms with Crippen molar-refractivity contribution in [2.75, 3.05) is 31.6 Å². The quantitative estimate of drug-likeness (QED) is 0.774. The number of nitrogens with one attached hydrogen (secondary N) is 1. The molecule has 26 heavy (non-hydrogen) atoms. The fourth-order valence-electron chi connectivity index (χ4n) is 2.75. The lowest BCUT2D eigenvalue weighted by molar-refractivity contribution is -0.140. The Hall–Kier alpha value is -1.68. The van der Waals surface area contributed by atoms with Crippen molar-refractivity contribution in [3.05, 3.63) is 35.1 Å². The lowest BCUT2D eigenvalue weighted by atomic mass is 10.0. The van der Waals surface area contributed by atoms with E-state index in [4.69, 9.17) is 0 Å². The molecule has 146 valence electrons. The van der Waals surface area contributed by atoms with E-state index in [1.54, 1.807) is 0 Å². The van der Waals surface area contributed by atoms with Crippen molar-refractivity contribution in [3.8, 4) is 0 Å². The number of carbonyl (C=O) groups excluding carboxylic acids is 1. The molecule has 5 nitrogen and oxygen atoms in total. The number of halogens is 4. The Morgan fingerprint density at radius 3 is 2.42 bits per heavy atom. The van der Waals surface area contributed by atoms with Crippen molar-refractivity contribution in [2.45, 2.75) is 25.1 Å². The van der Waals surface area contributed by atoms with Gasteiger partial charge in [0.25, 0.3) is 5.91 Å². The first-order valence-electron chi connectivity index (χ1n) is 8.03. The molecule has 0 unspecified atom stereocenters. The van der Waals surface area contributed by atoms with Crippen molar-refractivity contribution in [2.24, 2.45) is 0 Å². The van der Waals surface area contributed by atoms with Crippen LogP contribution in [-0.2, 0) is 16.0 Å². The van der Waals surface area contributed by atoms with Crippen molar-refractivity contribution >= 4 is 15.7 Å². The number of likely N-dealkylation sites (tertiary alicyclic amines) is 1. The molecule has 1 aromatic carbocycles. The molecule has 1 amide bonds. The van der Waals surface area contributed by atoms with E-state index < -0.39 is 33.3 Å². The van der Waals surface area contributed by atoms with Crippen LogP contribution in [0.25, 0.3) is 0 Å².